The molecule has 4 heteroatoms. The van der Waals surface area contributed by atoms with Gasteiger partial charge in [-0.25, -0.2) is 4.79 Å². The van der Waals surface area contributed by atoms with Crippen molar-refractivity contribution in [3.05, 3.63) is 0 Å². The van der Waals surface area contributed by atoms with Gasteiger partial charge >= 0.3 is 6.09 Å². The molecule has 1 aliphatic heterocycles. The first-order chi connectivity index (χ1) is 6.91. The highest BCUT2D eigenvalue weighted by atomic mass is 16.6. The quantitative estimate of drug-likeness (QED) is 0.688. The number of carbonyl (C=O) groups is 1. The van der Waals surface area contributed by atoms with E-state index in [2.05, 4.69) is 10.6 Å². The Morgan fingerprint density at radius 3 is 2.47 bits per heavy atom. The van der Waals surface area contributed by atoms with Crippen molar-refractivity contribution in [2.45, 2.75) is 45.3 Å². The maximum atomic E-state index is 11.5. The van der Waals surface area contributed by atoms with Crippen LogP contribution in [0.3, 0.4) is 0 Å². The van der Waals surface area contributed by atoms with Gasteiger partial charge in [0.1, 0.15) is 5.60 Å². The monoisotopic (exact) mass is 212 g/mol. The van der Waals surface area contributed by atoms with E-state index in [1.807, 2.05) is 20.8 Å². The fourth-order valence-corrected chi connectivity index (χ4v) is 2.24. The minimum Gasteiger partial charge on any atom is -0.444 e. The SMILES string of the molecule is CC(C)(C)OC(=O)N[C@H]1CCC12CNC2. The zero-order valence-electron chi connectivity index (χ0n) is 9.72. The van der Waals surface area contributed by atoms with Crippen LogP contribution in [0.4, 0.5) is 4.79 Å². The Morgan fingerprint density at radius 2 is 2.13 bits per heavy atom. The zero-order chi connectivity index (χ0) is 11.1. The molecule has 1 heterocycles. The fourth-order valence-electron chi connectivity index (χ4n) is 2.24. The fraction of sp³-hybridized carbons (Fsp3) is 0.909. The van der Waals surface area contributed by atoms with Crippen molar-refractivity contribution in [1.29, 1.82) is 0 Å². The van der Waals surface area contributed by atoms with Crippen LogP contribution in [-0.4, -0.2) is 30.8 Å². The third-order valence-corrected chi connectivity index (χ3v) is 3.32. The molecule has 1 amide bonds. The molecular weight excluding hydrogens is 192 g/mol. The van der Waals surface area contributed by atoms with Gasteiger partial charge in [-0.2, -0.15) is 0 Å². The van der Waals surface area contributed by atoms with Crippen LogP contribution in [0.25, 0.3) is 0 Å². The molecule has 15 heavy (non-hydrogen) atoms. The summed E-state index contributed by atoms with van der Waals surface area (Å²) < 4.78 is 5.24. The van der Waals surface area contributed by atoms with E-state index in [1.54, 1.807) is 0 Å². The number of carbonyl (C=O) groups excluding carboxylic acids is 1. The average molecular weight is 212 g/mol. The van der Waals surface area contributed by atoms with Crippen molar-refractivity contribution < 1.29 is 9.53 Å². The van der Waals surface area contributed by atoms with Crippen LogP contribution in [0.5, 0.6) is 0 Å². The molecule has 1 atom stereocenters. The minimum atomic E-state index is -0.404. The maximum Gasteiger partial charge on any atom is 0.407 e. The first-order valence-corrected chi connectivity index (χ1v) is 5.62. The van der Waals surface area contributed by atoms with E-state index >= 15 is 0 Å². The lowest BCUT2D eigenvalue weighted by molar-refractivity contribution is -0.00548. The summed E-state index contributed by atoms with van der Waals surface area (Å²) in [4.78, 5) is 11.5. The van der Waals surface area contributed by atoms with E-state index in [9.17, 15) is 4.79 Å². The molecule has 1 aliphatic carbocycles. The summed E-state index contributed by atoms with van der Waals surface area (Å²) in [5.41, 5.74) is -0.0598. The molecule has 86 valence electrons. The largest absolute Gasteiger partial charge is 0.444 e. The first-order valence-electron chi connectivity index (χ1n) is 5.62. The summed E-state index contributed by atoms with van der Waals surface area (Å²) in [5, 5.41) is 6.23. The van der Waals surface area contributed by atoms with Crippen LogP contribution in [0.1, 0.15) is 33.6 Å². The van der Waals surface area contributed by atoms with Crippen LogP contribution in [0, 0.1) is 5.41 Å². The zero-order valence-corrected chi connectivity index (χ0v) is 9.72. The Kier molecular flexibility index (Phi) is 2.41. The second kappa shape index (κ2) is 3.37. The number of nitrogens with one attached hydrogen (secondary N) is 2. The molecule has 2 rings (SSSR count). The normalized spacial score (nSPS) is 27.8. The number of hydrogen-bond acceptors (Lipinski definition) is 3. The van der Waals surface area contributed by atoms with Crippen molar-refractivity contribution in [2.24, 2.45) is 5.41 Å². The molecule has 0 aromatic rings. The Bertz CT molecular complexity index is 261. The Morgan fingerprint density at radius 1 is 1.47 bits per heavy atom. The lowest BCUT2D eigenvalue weighted by atomic mass is 9.60. The average Bonchev–Trinajstić information content (AvgIpc) is 1.91. The molecule has 4 nitrogen and oxygen atoms in total. The molecule has 2 N–H and O–H groups in total. The van der Waals surface area contributed by atoms with Crippen LogP contribution < -0.4 is 10.6 Å². The van der Waals surface area contributed by atoms with Gasteiger partial charge in [-0.3, -0.25) is 0 Å². The molecule has 1 spiro atoms. The number of hydrogen-bond donors (Lipinski definition) is 2. The molecule has 0 radical (unpaired) electrons. The molecular formula is C11H20N2O2. The van der Waals surface area contributed by atoms with Gasteiger partial charge in [0.25, 0.3) is 0 Å². The van der Waals surface area contributed by atoms with Crippen molar-refractivity contribution in [3.8, 4) is 0 Å². The van der Waals surface area contributed by atoms with E-state index in [0.29, 0.717) is 11.5 Å². The first kappa shape index (κ1) is 10.7. The van der Waals surface area contributed by atoms with Gasteiger partial charge < -0.3 is 15.4 Å². The summed E-state index contributed by atoms with van der Waals surface area (Å²) >= 11 is 0. The second-order valence-corrected chi connectivity index (χ2v) is 5.70. The van der Waals surface area contributed by atoms with E-state index in [0.717, 1.165) is 19.5 Å². The van der Waals surface area contributed by atoms with E-state index < -0.39 is 5.60 Å². The van der Waals surface area contributed by atoms with Gasteiger partial charge in [-0.1, -0.05) is 0 Å². The van der Waals surface area contributed by atoms with Gasteiger partial charge in [0.2, 0.25) is 0 Å². The molecule has 0 unspecified atom stereocenters. The maximum absolute atomic E-state index is 11.5. The standard InChI is InChI=1S/C11H20N2O2/c1-10(2,3)15-9(14)13-8-4-5-11(8)6-12-7-11/h8,12H,4-7H2,1-3H3,(H,13,14)/t8-/m0/s1. The summed E-state index contributed by atoms with van der Waals surface area (Å²) in [6.07, 6.45) is 2.03. The third-order valence-electron chi connectivity index (χ3n) is 3.32. The van der Waals surface area contributed by atoms with Crippen LogP contribution in [0.2, 0.25) is 0 Å². The summed E-state index contributed by atoms with van der Waals surface area (Å²) in [5.74, 6) is 0. The number of rotatable bonds is 1. The van der Waals surface area contributed by atoms with Crippen LogP contribution in [-0.2, 0) is 4.74 Å². The highest BCUT2D eigenvalue weighted by Crippen LogP contribution is 2.44. The molecule has 0 bridgehead atoms. The Balaban J connectivity index is 1.80. The number of alkyl carbamates (subject to hydrolysis) is 1. The molecule has 1 saturated heterocycles. The van der Waals surface area contributed by atoms with E-state index in [1.165, 1.54) is 6.42 Å². The topological polar surface area (TPSA) is 50.4 Å². The molecule has 1 saturated carbocycles. The highest BCUT2D eigenvalue weighted by Gasteiger charge is 2.51. The lowest BCUT2D eigenvalue weighted by Gasteiger charge is -2.56. The molecule has 2 fully saturated rings. The van der Waals surface area contributed by atoms with Crippen molar-refractivity contribution >= 4 is 6.09 Å². The Labute approximate surface area is 90.8 Å². The molecule has 0 aromatic heterocycles. The summed E-state index contributed by atoms with van der Waals surface area (Å²) in [7, 11) is 0. The smallest absolute Gasteiger partial charge is 0.407 e. The second-order valence-electron chi connectivity index (χ2n) is 5.70. The van der Waals surface area contributed by atoms with E-state index in [-0.39, 0.29) is 6.09 Å². The molecule has 0 aromatic carbocycles. The van der Waals surface area contributed by atoms with E-state index in [4.69, 9.17) is 4.74 Å². The van der Waals surface area contributed by atoms with Gasteiger partial charge in [0, 0.05) is 24.5 Å². The van der Waals surface area contributed by atoms with Gasteiger partial charge in [0.05, 0.1) is 0 Å². The van der Waals surface area contributed by atoms with Crippen molar-refractivity contribution in [3.63, 3.8) is 0 Å². The third kappa shape index (κ3) is 2.09. The number of ether oxygens (including phenoxy) is 1. The highest BCUT2D eigenvalue weighted by molar-refractivity contribution is 5.68. The predicted octanol–water partition coefficient (Wildman–Crippen LogP) is 1.26. The lowest BCUT2D eigenvalue weighted by Crippen LogP contribution is -2.69. The summed E-state index contributed by atoms with van der Waals surface area (Å²) in [6, 6.07) is 0.314. The molecule has 2 aliphatic rings. The van der Waals surface area contributed by atoms with Crippen LogP contribution in [0.15, 0.2) is 0 Å². The van der Waals surface area contributed by atoms with Gasteiger partial charge in [-0.05, 0) is 33.6 Å². The minimum absolute atomic E-state index is 0.279. The van der Waals surface area contributed by atoms with Crippen molar-refractivity contribution in [1.82, 2.24) is 10.6 Å². The summed E-state index contributed by atoms with van der Waals surface area (Å²) in [6.45, 7) is 7.72. The van der Waals surface area contributed by atoms with Gasteiger partial charge in [0.15, 0.2) is 0 Å². The number of amides is 1. The predicted molar refractivity (Wildman–Crippen MR) is 57.7 cm³/mol. The Hall–Kier alpha value is -0.770. The van der Waals surface area contributed by atoms with Crippen molar-refractivity contribution in [2.75, 3.05) is 13.1 Å². The van der Waals surface area contributed by atoms with Gasteiger partial charge in [-0.15, -0.1) is 0 Å². The van der Waals surface area contributed by atoms with Crippen LogP contribution >= 0.6 is 0 Å².